The zero-order valence-electron chi connectivity index (χ0n) is 11.2. The number of halogens is 1. The van der Waals surface area contributed by atoms with Crippen molar-refractivity contribution in [1.82, 2.24) is 0 Å². The van der Waals surface area contributed by atoms with Gasteiger partial charge in [-0.25, -0.2) is 0 Å². The van der Waals surface area contributed by atoms with Crippen molar-refractivity contribution in [1.29, 1.82) is 0 Å². The molecule has 0 saturated carbocycles. The highest BCUT2D eigenvalue weighted by atomic mass is 35.5. The molecule has 0 N–H and O–H groups in total. The van der Waals surface area contributed by atoms with Gasteiger partial charge in [0.1, 0.15) is 0 Å². The lowest BCUT2D eigenvalue weighted by atomic mass is 9.85. The SMILES string of the molecule is CCOC(=O)C(C)(C)c1ccc(SCC)c(Cl)c1. The van der Waals surface area contributed by atoms with Gasteiger partial charge >= 0.3 is 5.97 Å². The lowest BCUT2D eigenvalue weighted by Crippen LogP contribution is -2.31. The summed E-state index contributed by atoms with van der Waals surface area (Å²) in [6.45, 7) is 7.98. The van der Waals surface area contributed by atoms with Crippen molar-refractivity contribution in [2.45, 2.75) is 38.0 Å². The Labute approximate surface area is 118 Å². The number of rotatable bonds is 5. The van der Waals surface area contributed by atoms with Gasteiger partial charge in [-0.15, -0.1) is 11.8 Å². The van der Waals surface area contributed by atoms with Gasteiger partial charge in [0.2, 0.25) is 0 Å². The Balaban J connectivity index is 3.03. The molecule has 2 nitrogen and oxygen atoms in total. The summed E-state index contributed by atoms with van der Waals surface area (Å²) in [7, 11) is 0. The molecule has 100 valence electrons. The zero-order valence-corrected chi connectivity index (χ0v) is 12.8. The molecule has 18 heavy (non-hydrogen) atoms. The topological polar surface area (TPSA) is 26.3 Å². The molecule has 0 bridgehead atoms. The number of hydrogen-bond donors (Lipinski definition) is 0. The molecular formula is C14H19ClO2S. The van der Waals surface area contributed by atoms with Gasteiger partial charge in [0, 0.05) is 4.90 Å². The van der Waals surface area contributed by atoms with E-state index in [-0.39, 0.29) is 5.97 Å². The van der Waals surface area contributed by atoms with Crippen LogP contribution in [0.1, 0.15) is 33.3 Å². The molecule has 0 atom stereocenters. The van der Waals surface area contributed by atoms with Gasteiger partial charge in [-0.05, 0) is 44.2 Å². The Bertz CT molecular complexity index is 430. The molecule has 0 saturated heterocycles. The van der Waals surface area contributed by atoms with E-state index in [0.29, 0.717) is 11.6 Å². The minimum absolute atomic E-state index is 0.225. The number of benzene rings is 1. The van der Waals surface area contributed by atoms with Crippen molar-refractivity contribution >= 4 is 29.3 Å². The summed E-state index contributed by atoms with van der Waals surface area (Å²) in [5.41, 5.74) is 0.209. The maximum atomic E-state index is 11.9. The Hall–Kier alpha value is -0.670. The largest absolute Gasteiger partial charge is 0.465 e. The van der Waals surface area contributed by atoms with Crippen LogP contribution in [0, 0.1) is 0 Å². The first-order valence-electron chi connectivity index (χ1n) is 6.03. The molecule has 1 rings (SSSR count). The number of esters is 1. The number of thioether (sulfide) groups is 1. The van der Waals surface area contributed by atoms with Crippen LogP contribution in [-0.4, -0.2) is 18.3 Å². The summed E-state index contributed by atoms with van der Waals surface area (Å²) in [4.78, 5) is 13.0. The van der Waals surface area contributed by atoms with Crippen molar-refractivity contribution < 1.29 is 9.53 Å². The fourth-order valence-electron chi connectivity index (χ4n) is 1.59. The molecule has 0 amide bonds. The van der Waals surface area contributed by atoms with E-state index in [2.05, 4.69) is 6.92 Å². The summed E-state index contributed by atoms with van der Waals surface area (Å²) in [5, 5.41) is 0.691. The van der Waals surface area contributed by atoms with Crippen LogP contribution in [-0.2, 0) is 14.9 Å². The Morgan fingerprint density at radius 1 is 1.39 bits per heavy atom. The second kappa shape index (κ2) is 6.48. The van der Waals surface area contributed by atoms with E-state index in [4.69, 9.17) is 16.3 Å². The zero-order chi connectivity index (χ0) is 13.8. The van der Waals surface area contributed by atoms with Crippen molar-refractivity contribution in [3.05, 3.63) is 28.8 Å². The molecule has 0 aromatic heterocycles. The molecule has 0 spiro atoms. The van der Waals surface area contributed by atoms with Gasteiger partial charge in [0.25, 0.3) is 0 Å². The summed E-state index contributed by atoms with van der Waals surface area (Å²) in [6.07, 6.45) is 0. The molecule has 0 aliphatic rings. The molecule has 0 radical (unpaired) electrons. The van der Waals surface area contributed by atoms with Crippen LogP contribution in [0.4, 0.5) is 0 Å². The van der Waals surface area contributed by atoms with Gasteiger partial charge in [-0.1, -0.05) is 24.6 Å². The fourth-order valence-corrected chi connectivity index (χ4v) is 2.61. The minimum atomic E-state index is -0.672. The average Bonchev–Trinajstić information content (AvgIpc) is 2.32. The quantitative estimate of drug-likeness (QED) is 0.596. The molecule has 0 heterocycles. The highest BCUT2D eigenvalue weighted by molar-refractivity contribution is 7.99. The Kier molecular flexibility index (Phi) is 5.54. The second-order valence-electron chi connectivity index (χ2n) is 4.42. The number of ether oxygens (including phenoxy) is 1. The van der Waals surface area contributed by atoms with E-state index in [1.165, 1.54) is 0 Å². The van der Waals surface area contributed by atoms with Crippen molar-refractivity contribution in [3.8, 4) is 0 Å². The van der Waals surface area contributed by atoms with Gasteiger partial charge in [0.05, 0.1) is 17.0 Å². The molecule has 1 aromatic carbocycles. The monoisotopic (exact) mass is 286 g/mol. The predicted octanol–water partition coefficient (Wildman–Crippen LogP) is 4.29. The number of hydrogen-bond acceptors (Lipinski definition) is 3. The number of carbonyl (C=O) groups excluding carboxylic acids is 1. The maximum Gasteiger partial charge on any atom is 0.315 e. The molecule has 1 aromatic rings. The van der Waals surface area contributed by atoms with Crippen molar-refractivity contribution in [3.63, 3.8) is 0 Å². The highest BCUT2D eigenvalue weighted by Crippen LogP contribution is 2.33. The van der Waals surface area contributed by atoms with Gasteiger partial charge in [-0.3, -0.25) is 4.79 Å². The van der Waals surface area contributed by atoms with Crippen LogP contribution >= 0.6 is 23.4 Å². The number of carbonyl (C=O) groups is 1. The third kappa shape index (κ3) is 3.42. The second-order valence-corrected chi connectivity index (χ2v) is 6.14. The summed E-state index contributed by atoms with van der Waals surface area (Å²) >= 11 is 7.91. The van der Waals surface area contributed by atoms with Crippen LogP contribution in [0.3, 0.4) is 0 Å². The van der Waals surface area contributed by atoms with E-state index < -0.39 is 5.41 Å². The maximum absolute atomic E-state index is 11.9. The molecule has 0 aliphatic heterocycles. The first-order valence-corrected chi connectivity index (χ1v) is 7.39. The van der Waals surface area contributed by atoms with E-state index >= 15 is 0 Å². The fraction of sp³-hybridized carbons (Fsp3) is 0.500. The molecule has 4 heteroatoms. The average molecular weight is 287 g/mol. The van der Waals surface area contributed by atoms with E-state index in [0.717, 1.165) is 16.2 Å². The van der Waals surface area contributed by atoms with Crippen LogP contribution in [0.2, 0.25) is 5.02 Å². The van der Waals surface area contributed by atoms with Crippen LogP contribution in [0.5, 0.6) is 0 Å². The molecule has 0 aliphatic carbocycles. The van der Waals surface area contributed by atoms with Crippen molar-refractivity contribution in [2.24, 2.45) is 0 Å². The van der Waals surface area contributed by atoms with Gasteiger partial charge in [0.15, 0.2) is 0 Å². The van der Waals surface area contributed by atoms with E-state index in [9.17, 15) is 4.79 Å². The summed E-state index contributed by atoms with van der Waals surface area (Å²) < 4.78 is 5.09. The Morgan fingerprint density at radius 3 is 2.56 bits per heavy atom. The first-order chi connectivity index (χ1) is 8.43. The standard InChI is InChI=1S/C14H19ClO2S/c1-5-17-13(16)14(3,4)10-7-8-12(18-6-2)11(15)9-10/h7-9H,5-6H2,1-4H3. The van der Waals surface area contributed by atoms with Gasteiger partial charge in [-0.2, -0.15) is 0 Å². The summed E-state index contributed by atoms with van der Waals surface area (Å²) in [5.74, 6) is 0.748. The highest BCUT2D eigenvalue weighted by Gasteiger charge is 2.31. The predicted molar refractivity (Wildman–Crippen MR) is 77.5 cm³/mol. The molecule has 0 unspecified atom stereocenters. The van der Waals surface area contributed by atoms with Crippen LogP contribution in [0.25, 0.3) is 0 Å². The first kappa shape index (κ1) is 15.4. The minimum Gasteiger partial charge on any atom is -0.465 e. The third-order valence-electron chi connectivity index (χ3n) is 2.74. The van der Waals surface area contributed by atoms with E-state index in [1.54, 1.807) is 11.8 Å². The normalized spacial score (nSPS) is 11.4. The smallest absolute Gasteiger partial charge is 0.315 e. The van der Waals surface area contributed by atoms with Crippen LogP contribution in [0.15, 0.2) is 23.1 Å². The van der Waals surface area contributed by atoms with Gasteiger partial charge < -0.3 is 4.74 Å². The van der Waals surface area contributed by atoms with Crippen LogP contribution < -0.4 is 0 Å². The third-order valence-corrected chi connectivity index (χ3v) is 4.12. The molecular weight excluding hydrogens is 268 g/mol. The lowest BCUT2D eigenvalue weighted by molar-refractivity contribution is -0.148. The van der Waals surface area contributed by atoms with E-state index in [1.807, 2.05) is 39.0 Å². The summed E-state index contributed by atoms with van der Waals surface area (Å²) in [6, 6.07) is 5.77. The Morgan fingerprint density at radius 2 is 2.06 bits per heavy atom. The molecule has 0 fully saturated rings. The van der Waals surface area contributed by atoms with Crippen molar-refractivity contribution in [2.75, 3.05) is 12.4 Å². The lowest BCUT2D eigenvalue weighted by Gasteiger charge is -2.23.